The molecule has 0 unspecified atom stereocenters. The van der Waals surface area contributed by atoms with E-state index in [4.69, 9.17) is 11.6 Å². The Labute approximate surface area is 169 Å². The molecule has 0 saturated carbocycles. The lowest BCUT2D eigenvalue weighted by Crippen LogP contribution is -2.22. The number of carbonyl (C=O) groups is 1. The Morgan fingerprint density at radius 3 is 2.46 bits per heavy atom. The smallest absolute Gasteiger partial charge is 0.282 e. The van der Waals surface area contributed by atoms with Gasteiger partial charge in [0.25, 0.3) is 5.91 Å². The van der Waals surface area contributed by atoms with E-state index in [0.29, 0.717) is 16.6 Å². The second-order valence-corrected chi connectivity index (χ2v) is 7.92. The Morgan fingerprint density at radius 1 is 1.12 bits per heavy atom. The van der Waals surface area contributed by atoms with Crippen molar-refractivity contribution in [2.75, 3.05) is 0 Å². The number of hydrogen-bond acceptors (Lipinski definition) is 4. The van der Waals surface area contributed by atoms with Crippen LogP contribution >= 0.6 is 38.9 Å². The predicted molar refractivity (Wildman–Crippen MR) is 110 cm³/mol. The lowest BCUT2D eigenvalue weighted by atomic mass is 10.1. The largest absolute Gasteiger partial charge is 0.346 e. The van der Waals surface area contributed by atoms with Crippen LogP contribution in [0.2, 0.25) is 0 Å². The minimum absolute atomic E-state index is 0.262. The van der Waals surface area contributed by atoms with Crippen LogP contribution in [0.1, 0.15) is 31.5 Å². The quantitative estimate of drug-likeness (QED) is 0.578. The van der Waals surface area contributed by atoms with Crippen molar-refractivity contribution in [2.45, 2.75) is 13.5 Å². The van der Waals surface area contributed by atoms with Crippen molar-refractivity contribution >= 4 is 55.9 Å². The van der Waals surface area contributed by atoms with Gasteiger partial charge in [0.1, 0.15) is 0 Å². The molecule has 0 aliphatic rings. The summed E-state index contributed by atoms with van der Waals surface area (Å²) < 4.78 is 0.995. The fourth-order valence-corrected chi connectivity index (χ4v) is 3.35. The zero-order chi connectivity index (χ0) is 18.5. The van der Waals surface area contributed by atoms with Crippen LogP contribution in [0.4, 0.5) is 0 Å². The van der Waals surface area contributed by atoms with Crippen LogP contribution in [-0.4, -0.2) is 16.1 Å². The van der Waals surface area contributed by atoms with Crippen LogP contribution < -0.4 is 5.32 Å². The Kier molecular flexibility index (Phi) is 6.19. The van der Waals surface area contributed by atoms with Gasteiger partial charge in [0.2, 0.25) is 5.01 Å². The molecule has 26 heavy (non-hydrogen) atoms. The molecule has 0 atom stereocenters. The fraction of sp³-hybridized carbons (Fsp3) is 0.105. The summed E-state index contributed by atoms with van der Waals surface area (Å²) in [4.78, 5) is 12.2. The van der Waals surface area contributed by atoms with Crippen LogP contribution in [0.15, 0.2) is 53.0 Å². The van der Waals surface area contributed by atoms with E-state index >= 15 is 0 Å². The highest BCUT2D eigenvalue weighted by molar-refractivity contribution is 9.10. The highest BCUT2D eigenvalue weighted by Crippen LogP contribution is 2.25. The molecule has 0 aliphatic carbocycles. The van der Waals surface area contributed by atoms with E-state index in [-0.39, 0.29) is 10.9 Å². The second kappa shape index (κ2) is 8.58. The summed E-state index contributed by atoms with van der Waals surface area (Å²) in [5, 5.41) is 12.0. The minimum Gasteiger partial charge on any atom is -0.346 e. The predicted octanol–water partition coefficient (Wildman–Crippen LogP) is 5.28. The molecule has 3 rings (SSSR count). The molecule has 4 nitrogen and oxygen atoms in total. The molecule has 1 heterocycles. The van der Waals surface area contributed by atoms with Crippen LogP contribution in [-0.2, 0) is 6.54 Å². The average molecular weight is 449 g/mol. The van der Waals surface area contributed by atoms with Crippen molar-refractivity contribution in [2.24, 2.45) is 0 Å². The van der Waals surface area contributed by atoms with Crippen molar-refractivity contribution in [3.8, 4) is 0 Å². The number of benzene rings is 2. The molecule has 0 fully saturated rings. The Morgan fingerprint density at radius 2 is 1.77 bits per heavy atom. The summed E-state index contributed by atoms with van der Waals surface area (Å²) in [5.41, 5.74) is 3.15. The molecule has 0 spiro atoms. The topological polar surface area (TPSA) is 54.9 Å². The number of rotatable bonds is 5. The van der Waals surface area contributed by atoms with Crippen molar-refractivity contribution < 1.29 is 4.79 Å². The molecule has 3 aromatic rings. The van der Waals surface area contributed by atoms with E-state index in [1.54, 1.807) is 6.08 Å². The first-order valence-electron chi connectivity index (χ1n) is 7.81. The van der Waals surface area contributed by atoms with Gasteiger partial charge in [-0.05, 0) is 36.3 Å². The van der Waals surface area contributed by atoms with E-state index in [2.05, 4.69) is 31.4 Å². The number of amides is 1. The molecule has 1 N–H and O–H groups in total. The monoisotopic (exact) mass is 447 g/mol. The first-order chi connectivity index (χ1) is 12.5. The third-order valence-electron chi connectivity index (χ3n) is 3.56. The molecule has 2 aromatic carbocycles. The van der Waals surface area contributed by atoms with Crippen LogP contribution in [0.25, 0.3) is 11.1 Å². The number of hydrogen-bond donors (Lipinski definition) is 1. The lowest BCUT2D eigenvalue weighted by molar-refractivity contribution is 0.0950. The lowest BCUT2D eigenvalue weighted by Gasteiger charge is -2.03. The number of aromatic nitrogens is 2. The molecule has 1 amide bonds. The fourth-order valence-electron chi connectivity index (χ4n) is 2.14. The van der Waals surface area contributed by atoms with Gasteiger partial charge >= 0.3 is 0 Å². The van der Waals surface area contributed by atoms with Gasteiger partial charge in [0.15, 0.2) is 5.01 Å². The highest BCUT2D eigenvalue weighted by Gasteiger charge is 2.14. The zero-order valence-corrected chi connectivity index (χ0v) is 17.0. The molecule has 0 bridgehead atoms. The Hall–Kier alpha value is -2.02. The number of halogens is 2. The molecular formula is C19H15BrClN3OS. The highest BCUT2D eigenvalue weighted by atomic mass is 79.9. The maximum absolute atomic E-state index is 12.2. The summed E-state index contributed by atoms with van der Waals surface area (Å²) >= 11 is 10.9. The number of nitrogens with zero attached hydrogens (tertiary/aromatic N) is 2. The number of carbonyl (C=O) groups excluding carboxylic acids is 1. The molecule has 0 saturated heterocycles. The molecule has 0 radical (unpaired) electrons. The summed E-state index contributed by atoms with van der Waals surface area (Å²) in [6.07, 6.45) is 1.79. The van der Waals surface area contributed by atoms with Gasteiger partial charge in [-0.15, -0.1) is 10.2 Å². The minimum atomic E-state index is -0.262. The van der Waals surface area contributed by atoms with Crippen LogP contribution in [0.5, 0.6) is 0 Å². The van der Waals surface area contributed by atoms with Gasteiger partial charge in [-0.2, -0.15) is 0 Å². The van der Waals surface area contributed by atoms with Gasteiger partial charge in [-0.1, -0.05) is 80.8 Å². The summed E-state index contributed by atoms with van der Waals surface area (Å²) in [6, 6.07) is 15.7. The van der Waals surface area contributed by atoms with Crippen molar-refractivity contribution in [3.05, 3.63) is 79.7 Å². The van der Waals surface area contributed by atoms with Crippen LogP contribution in [0.3, 0.4) is 0 Å². The van der Waals surface area contributed by atoms with Gasteiger partial charge in [0.05, 0.1) is 5.03 Å². The summed E-state index contributed by atoms with van der Waals surface area (Å²) in [5.74, 6) is -0.262. The maximum Gasteiger partial charge on any atom is 0.282 e. The molecular weight excluding hydrogens is 434 g/mol. The summed E-state index contributed by atoms with van der Waals surface area (Å²) in [7, 11) is 0. The standard InChI is InChI=1S/C19H15BrClN3OS/c1-12-2-4-14(5-3-12)11-22-17(25)19-24-23-18(26-19)16(21)10-13-6-8-15(20)9-7-13/h2-10H,11H2,1H3,(H,22,25)/b16-10-. The average Bonchev–Trinajstić information content (AvgIpc) is 3.13. The first-order valence-corrected chi connectivity index (χ1v) is 9.80. The second-order valence-electron chi connectivity index (χ2n) is 5.62. The molecule has 7 heteroatoms. The van der Waals surface area contributed by atoms with Gasteiger partial charge in [0, 0.05) is 11.0 Å². The van der Waals surface area contributed by atoms with E-state index < -0.39 is 0 Å². The van der Waals surface area contributed by atoms with Gasteiger partial charge in [-0.25, -0.2) is 0 Å². The van der Waals surface area contributed by atoms with Crippen molar-refractivity contribution in [3.63, 3.8) is 0 Å². The normalized spacial score (nSPS) is 11.4. The van der Waals surface area contributed by atoms with Crippen molar-refractivity contribution in [1.82, 2.24) is 15.5 Å². The third-order valence-corrected chi connectivity index (χ3v) is 5.44. The third kappa shape index (κ3) is 5.00. The first kappa shape index (κ1) is 18.8. The van der Waals surface area contributed by atoms with Crippen LogP contribution in [0, 0.1) is 6.92 Å². The molecule has 0 aliphatic heterocycles. The van der Waals surface area contributed by atoms with E-state index in [9.17, 15) is 4.79 Å². The van der Waals surface area contributed by atoms with Crippen molar-refractivity contribution in [1.29, 1.82) is 0 Å². The van der Waals surface area contributed by atoms with Gasteiger partial charge in [-0.3, -0.25) is 4.79 Å². The van der Waals surface area contributed by atoms with E-state index in [0.717, 1.165) is 15.6 Å². The number of aryl methyl sites for hydroxylation is 1. The molecule has 1 aromatic heterocycles. The molecule has 132 valence electrons. The SMILES string of the molecule is Cc1ccc(CNC(=O)c2nnc(/C(Cl)=C/c3ccc(Br)cc3)s2)cc1. The zero-order valence-electron chi connectivity index (χ0n) is 13.9. The van der Waals surface area contributed by atoms with E-state index in [1.165, 1.54) is 16.9 Å². The Balaban J connectivity index is 1.65. The maximum atomic E-state index is 12.2. The van der Waals surface area contributed by atoms with Gasteiger partial charge < -0.3 is 5.32 Å². The van der Waals surface area contributed by atoms with E-state index in [1.807, 2.05) is 55.5 Å². The number of nitrogens with one attached hydrogen (secondary N) is 1. The summed E-state index contributed by atoms with van der Waals surface area (Å²) in [6.45, 7) is 2.47. The Bertz CT molecular complexity index is 936.